The lowest BCUT2D eigenvalue weighted by Crippen LogP contribution is -2.40. The largest absolute Gasteiger partial charge is 0.444 e. The van der Waals surface area contributed by atoms with Gasteiger partial charge in [-0.3, -0.25) is 9.69 Å². The number of hydrogen-bond donors (Lipinski definition) is 0. The van der Waals surface area contributed by atoms with E-state index in [1.807, 2.05) is 20.8 Å². The highest BCUT2D eigenvalue weighted by Gasteiger charge is 2.53. The van der Waals surface area contributed by atoms with Gasteiger partial charge < -0.3 is 9.64 Å². The van der Waals surface area contributed by atoms with Gasteiger partial charge in [-0.05, 0) is 47.8 Å². The van der Waals surface area contributed by atoms with Gasteiger partial charge in [-0.15, -0.1) is 0 Å². The third-order valence-corrected chi connectivity index (χ3v) is 5.47. The van der Waals surface area contributed by atoms with Gasteiger partial charge in [0.05, 0.1) is 11.0 Å². The molecule has 0 aromatic carbocycles. The summed E-state index contributed by atoms with van der Waals surface area (Å²) in [4.78, 5) is 37.2. The van der Waals surface area contributed by atoms with Crippen LogP contribution in [0.2, 0.25) is 0 Å². The number of aromatic nitrogens is 2. The van der Waals surface area contributed by atoms with E-state index in [1.165, 1.54) is 8.93 Å². The topological polar surface area (TPSA) is 75.6 Å². The van der Waals surface area contributed by atoms with Gasteiger partial charge in [0.2, 0.25) is 11.9 Å². The first-order valence-corrected chi connectivity index (χ1v) is 12.0. The molecule has 1 aromatic heterocycles. The van der Waals surface area contributed by atoms with Gasteiger partial charge >= 0.3 is 6.09 Å². The van der Waals surface area contributed by atoms with Crippen molar-refractivity contribution in [2.24, 2.45) is 5.41 Å². The maximum Gasteiger partial charge on any atom is 0.410 e. The fourth-order valence-electron chi connectivity index (χ4n) is 3.35. The minimum Gasteiger partial charge on any atom is -0.444 e. The van der Waals surface area contributed by atoms with Crippen molar-refractivity contribution in [3.63, 3.8) is 0 Å². The molecular weight excluding hydrogens is 479 g/mol. The molecule has 0 aliphatic carbocycles. The Balaban J connectivity index is 1.69. The summed E-state index contributed by atoms with van der Waals surface area (Å²) >= 11 is 2.10. The molecule has 0 bridgehead atoms. The van der Waals surface area contributed by atoms with E-state index in [1.54, 1.807) is 22.2 Å². The smallest absolute Gasteiger partial charge is 0.410 e. The number of nitrogens with zero attached hydrogens (tertiary/aromatic N) is 4. The molecule has 1 spiro atoms. The van der Waals surface area contributed by atoms with E-state index < -0.39 is 11.0 Å². The fourth-order valence-corrected chi connectivity index (χ4v) is 3.83. The highest BCUT2D eigenvalue weighted by Crippen LogP contribution is 2.41. The lowest BCUT2D eigenvalue weighted by Gasteiger charge is -2.26. The Hall–Kier alpha value is -1.54. The van der Waals surface area contributed by atoms with Crippen LogP contribution in [0.5, 0.6) is 0 Å². The second kappa shape index (κ2) is 7.83. The van der Waals surface area contributed by atoms with Crippen LogP contribution in [0.4, 0.5) is 10.7 Å². The molecule has 0 saturated carbocycles. The van der Waals surface area contributed by atoms with Crippen molar-refractivity contribution < 1.29 is 14.3 Å². The van der Waals surface area contributed by atoms with Gasteiger partial charge in [0.1, 0.15) is 5.60 Å². The first-order chi connectivity index (χ1) is 12.7. The normalized spacial score (nSPS) is 22.1. The zero-order valence-corrected chi connectivity index (χ0v) is 18.5. The molecule has 2 aliphatic rings. The molecule has 1 unspecified atom stereocenters. The molecule has 1 aromatic rings. The highest BCUT2D eigenvalue weighted by atomic mass is 127. The van der Waals surface area contributed by atoms with E-state index in [0.29, 0.717) is 44.0 Å². The number of amides is 2. The average Bonchev–Trinajstić information content (AvgIpc) is 3.18. The van der Waals surface area contributed by atoms with Crippen LogP contribution in [0, 0.1) is 16.6 Å². The predicted molar refractivity (Wildman–Crippen MR) is 112 cm³/mol. The Kier molecular flexibility index (Phi) is 5.86. The van der Waals surface area contributed by atoms with E-state index in [9.17, 15) is 9.59 Å². The quantitative estimate of drug-likeness (QED) is 0.436. The summed E-state index contributed by atoms with van der Waals surface area (Å²) in [6.45, 7) is 6.97. The Morgan fingerprint density at radius 2 is 1.96 bits per heavy atom. The third kappa shape index (κ3) is 4.48. The second-order valence-electron chi connectivity index (χ2n) is 7.71. The molecule has 144 valence electrons. The minimum absolute atomic E-state index is 0.0183. The SMILES string of the molecule is CC(C)(C)OC(=O)N1CCC2(CCN(c3ncc(C#CSI)cn3)C2=O)C1. The summed E-state index contributed by atoms with van der Waals surface area (Å²) in [6.07, 6.45) is 4.21. The Morgan fingerprint density at radius 1 is 1.30 bits per heavy atom. The zero-order chi connectivity index (χ0) is 19.7. The highest BCUT2D eigenvalue weighted by molar-refractivity contribution is 14.2. The van der Waals surface area contributed by atoms with E-state index in [2.05, 4.69) is 42.3 Å². The number of halogens is 1. The predicted octanol–water partition coefficient (Wildman–Crippen LogP) is 3.23. The van der Waals surface area contributed by atoms with Crippen molar-refractivity contribution >= 4 is 48.1 Å². The number of rotatable bonds is 1. The summed E-state index contributed by atoms with van der Waals surface area (Å²) in [5.41, 5.74) is -0.398. The number of ether oxygens (including phenoxy) is 1. The lowest BCUT2D eigenvalue weighted by atomic mass is 9.86. The van der Waals surface area contributed by atoms with Gasteiger partial charge in [-0.2, -0.15) is 0 Å². The Labute approximate surface area is 175 Å². The molecule has 0 radical (unpaired) electrons. The summed E-state index contributed by atoms with van der Waals surface area (Å²) in [5, 5.41) is 2.88. The van der Waals surface area contributed by atoms with Gasteiger partial charge in [-0.25, -0.2) is 14.8 Å². The van der Waals surface area contributed by atoms with Crippen molar-refractivity contribution in [1.82, 2.24) is 14.9 Å². The summed E-state index contributed by atoms with van der Waals surface area (Å²) in [5.74, 6) is 3.30. The van der Waals surface area contributed by atoms with Crippen molar-refractivity contribution in [2.45, 2.75) is 39.2 Å². The van der Waals surface area contributed by atoms with Crippen LogP contribution in [-0.2, 0) is 9.53 Å². The number of anilines is 1. The Bertz CT molecular complexity index is 800. The summed E-state index contributed by atoms with van der Waals surface area (Å²) in [6, 6.07) is 0. The molecule has 0 N–H and O–H groups in total. The molecule has 2 amide bonds. The van der Waals surface area contributed by atoms with Crippen LogP contribution in [0.25, 0.3) is 0 Å². The fraction of sp³-hybridized carbons (Fsp3) is 0.556. The molecule has 3 rings (SSSR count). The van der Waals surface area contributed by atoms with E-state index in [4.69, 9.17) is 4.74 Å². The van der Waals surface area contributed by atoms with Crippen LogP contribution in [0.15, 0.2) is 12.4 Å². The maximum atomic E-state index is 13.1. The average molecular weight is 500 g/mol. The van der Waals surface area contributed by atoms with Crippen LogP contribution in [0.3, 0.4) is 0 Å². The molecule has 1 atom stereocenters. The second-order valence-corrected chi connectivity index (χ2v) is 9.39. The van der Waals surface area contributed by atoms with Crippen molar-refractivity contribution in [3.8, 4) is 11.2 Å². The van der Waals surface area contributed by atoms with Crippen LogP contribution < -0.4 is 4.90 Å². The van der Waals surface area contributed by atoms with Crippen LogP contribution in [-0.4, -0.2) is 52.1 Å². The van der Waals surface area contributed by atoms with Crippen molar-refractivity contribution in [2.75, 3.05) is 24.5 Å². The van der Waals surface area contributed by atoms with Crippen molar-refractivity contribution in [3.05, 3.63) is 18.0 Å². The van der Waals surface area contributed by atoms with Gasteiger partial charge in [0.15, 0.2) is 0 Å². The van der Waals surface area contributed by atoms with Gasteiger partial charge in [0, 0.05) is 53.2 Å². The standard InChI is InChI=1S/C18H21IN4O3S/c1-17(2,3)26-16(25)22-7-5-18(12-22)6-8-23(14(18)24)15-20-10-13(11-21-15)4-9-27-19/h10-11H,5-8,12H2,1-3H3. The van der Waals surface area contributed by atoms with E-state index in [0.717, 1.165) is 0 Å². The molecule has 2 fully saturated rings. The molecule has 9 heteroatoms. The molecule has 7 nitrogen and oxygen atoms in total. The van der Waals surface area contributed by atoms with Gasteiger partial charge in [-0.1, -0.05) is 5.92 Å². The van der Waals surface area contributed by atoms with E-state index >= 15 is 0 Å². The van der Waals surface area contributed by atoms with Crippen LogP contribution >= 0.6 is 30.1 Å². The summed E-state index contributed by atoms with van der Waals surface area (Å²) < 4.78 is 5.44. The summed E-state index contributed by atoms with van der Waals surface area (Å²) in [7, 11) is 1.39. The first-order valence-electron chi connectivity index (χ1n) is 8.65. The molecule has 27 heavy (non-hydrogen) atoms. The number of carbonyl (C=O) groups is 2. The van der Waals surface area contributed by atoms with E-state index in [-0.39, 0.29) is 12.0 Å². The lowest BCUT2D eigenvalue weighted by molar-refractivity contribution is -0.125. The molecule has 3 heterocycles. The van der Waals surface area contributed by atoms with Crippen LogP contribution in [0.1, 0.15) is 39.2 Å². The first kappa shape index (κ1) is 20.2. The number of likely N-dealkylation sites (tertiary alicyclic amines) is 1. The number of hydrogen-bond acceptors (Lipinski definition) is 6. The minimum atomic E-state index is -0.559. The Morgan fingerprint density at radius 3 is 2.59 bits per heavy atom. The third-order valence-electron chi connectivity index (χ3n) is 4.63. The zero-order valence-electron chi connectivity index (χ0n) is 15.5. The monoisotopic (exact) mass is 500 g/mol. The molecule has 2 saturated heterocycles. The number of carbonyl (C=O) groups excluding carboxylic acids is 2. The molecular formula is C18H21IN4O3S. The van der Waals surface area contributed by atoms with Gasteiger partial charge in [0.25, 0.3) is 0 Å². The van der Waals surface area contributed by atoms with Crippen molar-refractivity contribution in [1.29, 1.82) is 0 Å². The molecule has 2 aliphatic heterocycles. The maximum absolute atomic E-state index is 13.1.